The minimum absolute atomic E-state index is 0.365. The van der Waals surface area contributed by atoms with Crippen molar-refractivity contribution in [2.45, 2.75) is 32.1 Å². The molecule has 5 heteroatoms. The van der Waals surface area contributed by atoms with Crippen LogP contribution in [0.4, 0.5) is 13.2 Å². The summed E-state index contributed by atoms with van der Waals surface area (Å²) in [4.78, 5) is 2.08. The summed E-state index contributed by atoms with van der Waals surface area (Å²) in [5, 5.41) is 3.34. The van der Waals surface area contributed by atoms with Gasteiger partial charge in [0.05, 0.1) is 5.56 Å². The van der Waals surface area contributed by atoms with Gasteiger partial charge in [-0.2, -0.15) is 13.2 Å². The number of hydrogen-bond donors (Lipinski definition) is 1. The van der Waals surface area contributed by atoms with Crippen molar-refractivity contribution in [1.82, 2.24) is 10.2 Å². The zero-order chi connectivity index (χ0) is 13.9. The number of nitrogens with zero attached hydrogens (tertiary/aromatic N) is 1. The zero-order valence-corrected chi connectivity index (χ0v) is 11.0. The van der Waals surface area contributed by atoms with Gasteiger partial charge in [0, 0.05) is 32.2 Å². The van der Waals surface area contributed by atoms with E-state index in [4.69, 9.17) is 0 Å². The van der Waals surface area contributed by atoms with Crippen LogP contribution in [0.2, 0.25) is 0 Å². The third kappa shape index (κ3) is 3.94. The molecule has 19 heavy (non-hydrogen) atoms. The summed E-state index contributed by atoms with van der Waals surface area (Å²) in [5.41, 5.74) is -0.148. The van der Waals surface area contributed by atoms with Crippen molar-refractivity contribution in [3.05, 3.63) is 35.4 Å². The second-order valence-electron chi connectivity index (χ2n) is 5.07. The number of rotatable bonds is 2. The highest BCUT2D eigenvalue weighted by Crippen LogP contribution is 2.32. The average Bonchev–Trinajstić information content (AvgIpc) is 2.54. The molecule has 0 bridgehead atoms. The first-order chi connectivity index (χ1) is 8.97. The van der Waals surface area contributed by atoms with Crippen molar-refractivity contribution < 1.29 is 13.2 Å². The van der Waals surface area contributed by atoms with Crippen molar-refractivity contribution in [3.8, 4) is 0 Å². The molecule has 1 aromatic carbocycles. The van der Waals surface area contributed by atoms with E-state index in [-0.39, 0.29) is 0 Å². The Labute approximate surface area is 111 Å². The van der Waals surface area contributed by atoms with E-state index in [1.54, 1.807) is 12.1 Å². The lowest BCUT2D eigenvalue weighted by Crippen LogP contribution is -2.29. The second kappa shape index (κ2) is 5.92. The van der Waals surface area contributed by atoms with Gasteiger partial charge in [-0.05, 0) is 25.0 Å². The fourth-order valence-electron chi connectivity index (χ4n) is 2.39. The zero-order valence-electron chi connectivity index (χ0n) is 11.0. The van der Waals surface area contributed by atoms with Gasteiger partial charge in [0.2, 0.25) is 0 Å². The molecule has 0 saturated carbocycles. The lowest BCUT2D eigenvalue weighted by atomic mass is 10.1. The fourth-order valence-corrected chi connectivity index (χ4v) is 2.39. The van der Waals surface area contributed by atoms with Crippen LogP contribution in [0.15, 0.2) is 24.3 Å². The maximum absolute atomic E-state index is 12.9. The first-order valence-electron chi connectivity index (χ1n) is 6.57. The molecule has 1 aliphatic rings. The molecular weight excluding hydrogens is 253 g/mol. The van der Waals surface area contributed by atoms with Crippen LogP contribution in [0.1, 0.15) is 24.5 Å². The molecule has 1 aromatic rings. The minimum Gasteiger partial charge on any atom is -0.313 e. The number of benzene rings is 1. The Bertz CT molecular complexity index is 417. The third-order valence-electron chi connectivity index (χ3n) is 3.52. The summed E-state index contributed by atoms with van der Waals surface area (Å²) < 4.78 is 38.7. The summed E-state index contributed by atoms with van der Waals surface area (Å²) in [5.74, 6) is 0. The van der Waals surface area contributed by atoms with Gasteiger partial charge in [0.1, 0.15) is 0 Å². The van der Waals surface area contributed by atoms with Crippen molar-refractivity contribution in [3.63, 3.8) is 0 Å². The Morgan fingerprint density at radius 1 is 1.26 bits per heavy atom. The van der Waals surface area contributed by atoms with Crippen LogP contribution in [0, 0.1) is 0 Å². The molecular formula is C14H19F3N2. The molecule has 0 aliphatic carbocycles. The van der Waals surface area contributed by atoms with E-state index in [2.05, 4.69) is 17.1 Å². The van der Waals surface area contributed by atoms with Gasteiger partial charge in [-0.25, -0.2) is 0 Å². The van der Waals surface area contributed by atoms with Crippen LogP contribution >= 0.6 is 0 Å². The molecule has 1 unspecified atom stereocenters. The van der Waals surface area contributed by atoms with Crippen LogP contribution in [0.5, 0.6) is 0 Å². The van der Waals surface area contributed by atoms with Crippen LogP contribution in [0.25, 0.3) is 0 Å². The molecule has 2 nitrogen and oxygen atoms in total. The highest BCUT2D eigenvalue weighted by atomic mass is 19.4. The van der Waals surface area contributed by atoms with Crippen LogP contribution in [0.3, 0.4) is 0 Å². The fraction of sp³-hybridized carbons (Fsp3) is 0.571. The monoisotopic (exact) mass is 272 g/mol. The first-order valence-corrected chi connectivity index (χ1v) is 6.57. The van der Waals surface area contributed by atoms with E-state index >= 15 is 0 Å². The topological polar surface area (TPSA) is 15.3 Å². The van der Waals surface area contributed by atoms with E-state index in [9.17, 15) is 13.2 Å². The Morgan fingerprint density at radius 3 is 2.74 bits per heavy atom. The Balaban J connectivity index is 2.10. The Kier molecular flexibility index (Phi) is 4.47. The second-order valence-corrected chi connectivity index (χ2v) is 5.07. The molecule has 0 spiro atoms. The number of hydrogen-bond acceptors (Lipinski definition) is 2. The molecule has 0 amide bonds. The molecule has 1 saturated heterocycles. The highest BCUT2D eigenvalue weighted by molar-refractivity contribution is 5.29. The van der Waals surface area contributed by atoms with Crippen molar-refractivity contribution >= 4 is 0 Å². The third-order valence-corrected chi connectivity index (χ3v) is 3.52. The van der Waals surface area contributed by atoms with E-state index in [1.165, 1.54) is 6.07 Å². The van der Waals surface area contributed by atoms with Gasteiger partial charge >= 0.3 is 6.18 Å². The van der Waals surface area contributed by atoms with Gasteiger partial charge in [-0.15, -0.1) is 0 Å². The Morgan fingerprint density at radius 2 is 2.00 bits per heavy atom. The van der Waals surface area contributed by atoms with Crippen LogP contribution in [-0.2, 0) is 12.7 Å². The molecule has 0 radical (unpaired) electrons. The Hall–Kier alpha value is -1.07. The predicted molar refractivity (Wildman–Crippen MR) is 68.8 cm³/mol. The van der Waals surface area contributed by atoms with Crippen LogP contribution in [-0.4, -0.2) is 30.6 Å². The van der Waals surface area contributed by atoms with Crippen molar-refractivity contribution in [1.29, 1.82) is 0 Å². The highest BCUT2D eigenvalue weighted by Gasteiger charge is 2.33. The molecule has 0 aromatic heterocycles. The lowest BCUT2D eigenvalue weighted by molar-refractivity contribution is -0.138. The maximum Gasteiger partial charge on any atom is 0.416 e. The number of alkyl halides is 3. The lowest BCUT2D eigenvalue weighted by Gasteiger charge is -2.22. The summed E-state index contributed by atoms with van der Waals surface area (Å²) in [6.07, 6.45) is -3.30. The quantitative estimate of drug-likeness (QED) is 0.890. The van der Waals surface area contributed by atoms with Crippen LogP contribution < -0.4 is 5.32 Å². The van der Waals surface area contributed by atoms with E-state index in [0.717, 1.165) is 32.1 Å². The normalized spacial score (nSPS) is 22.2. The molecule has 1 fully saturated rings. The predicted octanol–water partition coefficient (Wildman–Crippen LogP) is 2.89. The first kappa shape index (κ1) is 14.3. The van der Waals surface area contributed by atoms with Crippen molar-refractivity contribution in [2.75, 3.05) is 19.6 Å². The van der Waals surface area contributed by atoms with Gasteiger partial charge < -0.3 is 5.32 Å². The van der Waals surface area contributed by atoms with Gasteiger partial charge in [-0.1, -0.05) is 18.2 Å². The number of halogens is 3. The van der Waals surface area contributed by atoms with Crippen molar-refractivity contribution in [2.24, 2.45) is 0 Å². The van der Waals surface area contributed by atoms with Gasteiger partial charge in [0.15, 0.2) is 0 Å². The van der Waals surface area contributed by atoms with E-state index in [0.29, 0.717) is 18.2 Å². The van der Waals surface area contributed by atoms with Gasteiger partial charge in [0.25, 0.3) is 0 Å². The molecule has 1 aliphatic heterocycles. The van der Waals surface area contributed by atoms with E-state index in [1.807, 2.05) is 0 Å². The molecule has 106 valence electrons. The summed E-state index contributed by atoms with van der Waals surface area (Å²) in [7, 11) is 0. The van der Waals surface area contributed by atoms with Gasteiger partial charge in [-0.3, -0.25) is 4.90 Å². The minimum atomic E-state index is -4.27. The summed E-state index contributed by atoms with van der Waals surface area (Å²) >= 11 is 0. The maximum atomic E-state index is 12.9. The molecule has 1 N–H and O–H groups in total. The molecule has 1 heterocycles. The standard InChI is InChI=1S/C14H19F3N2/c1-11-6-8-19(9-7-18-11)10-12-4-2-3-5-13(12)14(15,16)17/h2-5,11,18H,6-10H2,1H3. The van der Waals surface area contributed by atoms with E-state index < -0.39 is 11.7 Å². The SMILES string of the molecule is CC1CCN(Cc2ccccc2C(F)(F)F)CCN1. The summed E-state index contributed by atoms with van der Waals surface area (Å²) in [6.45, 7) is 4.92. The smallest absolute Gasteiger partial charge is 0.313 e. The number of nitrogens with one attached hydrogen (secondary N) is 1. The molecule has 1 atom stereocenters. The summed E-state index contributed by atoms with van der Waals surface area (Å²) in [6, 6.07) is 6.28. The average molecular weight is 272 g/mol. The molecule has 2 rings (SSSR count). The largest absolute Gasteiger partial charge is 0.416 e.